The number of benzene rings is 1. The number of ether oxygens (including phenoxy) is 2. The second-order valence-electron chi connectivity index (χ2n) is 12.1. The molecule has 0 radical (unpaired) electrons. The highest BCUT2D eigenvalue weighted by atomic mass is 35.5. The van der Waals surface area contributed by atoms with Gasteiger partial charge in [-0.3, -0.25) is 4.98 Å². The summed E-state index contributed by atoms with van der Waals surface area (Å²) < 4.78 is 53.5. The van der Waals surface area contributed by atoms with E-state index in [9.17, 15) is 18.0 Å². The van der Waals surface area contributed by atoms with Crippen LogP contribution in [0.4, 0.5) is 23.8 Å². The van der Waals surface area contributed by atoms with Crippen LogP contribution in [0.1, 0.15) is 44.9 Å². The quantitative estimate of drug-likeness (QED) is 0.333. The number of nitrogens with zero attached hydrogens (tertiary/aromatic N) is 6. The Morgan fingerprint density at radius 3 is 2.40 bits per heavy atom. The van der Waals surface area contributed by atoms with E-state index in [0.29, 0.717) is 55.2 Å². The molecule has 1 atom stereocenters. The Labute approximate surface area is 253 Å². The minimum atomic E-state index is -4.62. The van der Waals surface area contributed by atoms with Gasteiger partial charge < -0.3 is 24.2 Å². The maximum atomic E-state index is 14.0. The summed E-state index contributed by atoms with van der Waals surface area (Å²) in [5.74, 6) is 0.533. The van der Waals surface area contributed by atoms with E-state index in [1.54, 1.807) is 17.9 Å². The topological polar surface area (TPSA) is 83.9 Å². The molecular formula is C30H36ClF3N6O3. The number of amides is 1. The van der Waals surface area contributed by atoms with Crippen LogP contribution in [0.2, 0.25) is 5.02 Å². The van der Waals surface area contributed by atoms with E-state index in [4.69, 9.17) is 26.1 Å². The lowest BCUT2D eigenvalue weighted by Gasteiger charge is -2.36. The van der Waals surface area contributed by atoms with Gasteiger partial charge in [-0.1, -0.05) is 11.6 Å². The van der Waals surface area contributed by atoms with Crippen molar-refractivity contribution in [3.63, 3.8) is 0 Å². The van der Waals surface area contributed by atoms with Crippen LogP contribution in [0.15, 0.2) is 24.3 Å². The molecule has 2 aromatic heterocycles. The number of carbonyl (C=O) groups excluding carboxylic acids is 1. The zero-order valence-corrected chi connectivity index (χ0v) is 25.7. The van der Waals surface area contributed by atoms with Crippen molar-refractivity contribution in [3.05, 3.63) is 40.5 Å². The van der Waals surface area contributed by atoms with Gasteiger partial charge in [-0.25, -0.2) is 4.79 Å². The number of aryl methyl sites for hydroxylation is 1. The van der Waals surface area contributed by atoms with E-state index in [-0.39, 0.29) is 34.4 Å². The van der Waals surface area contributed by atoms with Gasteiger partial charge >= 0.3 is 18.3 Å². The predicted octanol–water partition coefficient (Wildman–Crippen LogP) is 6.20. The van der Waals surface area contributed by atoms with Crippen molar-refractivity contribution in [2.45, 2.75) is 58.4 Å². The van der Waals surface area contributed by atoms with Crippen LogP contribution in [-0.2, 0) is 10.9 Å². The molecule has 1 aromatic carbocycles. The number of alkyl halides is 3. The molecule has 43 heavy (non-hydrogen) atoms. The van der Waals surface area contributed by atoms with Crippen LogP contribution in [0.25, 0.3) is 22.2 Å². The monoisotopic (exact) mass is 620 g/mol. The summed E-state index contributed by atoms with van der Waals surface area (Å²) in [5.41, 5.74) is -0.830. The lowest BCUT2D eigenvalue weighted by molar-refractivity contribution is -0.137. The van der Waals surface area contributed by atoms with Gasteiger partial charge in [0.25, 0.3) is 0 Å². The number of likely N-dealkylation sites (N-methyl/N-ethyl adjacent to an activating group) is 1. The summed E-state index contributed by atoms with van der Waals surface area (Å²) >= 11 is 6.66. The van der Waals surface area contributed by atoms with Crippen molar-refractivity contribution < 1.29 is 27.4 Å². The Kier molecular flexibility index (Phi) is 8.63. The molecule has 1 amide bonds. The molecule has 2 fully saturated rings. The van der Waals surface area contributed by atoms with Crippen LogP contribution in [-0.4, -0.2) is 88.9 Å². The second kappa shape index (κ2) is 12.0. The summed E-state index contributed by atoms with van der Waals surface area (Å²) in [6.45, 7) is 10.2. The molecule has 9 nitrogen and oxygen atoms in total. The van der Waals surface area contributed by atoms with E-state index in [2.05, 4.69) is 14.9 Å². The summed E-state index contributed by atoms with van der Waals surface area (Å²) in [7, 11) is 2.04. The number of carbonyl (C=O) groups is 1. The molecule has 13 heteroatoms. The molecule has 0 N–H and O–H groups in total. The molecule has 4 heterocycles. The van der Waals surface area contributed by atoms with Crippen molar-refractivity contribution in [2.75, 3.05) is 51.3 Å². The Balaban J connectivity index is 1.53. The average molecular weight is 621 g/mol. The Morgan fingerprint density at radius 2 is 1.77 bits per heavy atom. The fourth-order valence-electron chi connectivity index (χ4n) is 5.38. The molecule has 2 aliphatic heterocycles. The summed E-state index contributed by atoms with van der Waals surface area (Å²) in [4.78, 5) is 32.1. The Morgan fingerprint density at radius 1 is 1.05 bits per heavy atom. The Bertz CT molecular complexity index is 1510. The second-order valence-corrected chi connectivity index (χ2v) is 12.5. The van der Waals surface area contributed by atoms with Crippen LogP contribution < -0.4 is 9.64 Å². The van der Waals surface area contributed by atoms with Gasteiger partial charge in [0.2, 0.25) is 0 Å². The van der Waals surface area contributed by atoms with Crippen LogP contribution in [0, 0.1) is 6.92 Å². The van der Waals surface area contributed by atoms with Gasteiger partial charge in [0.15, 0.2) is 0 Å². The van der Waals surface area contributed by atoms with Crippen molar-refractivity contribution >= 4 is 34.4 Å². The fourth-order valence-corrected chi connectivity index (χ4v) is 5.63. The summed E-state index contributed by atoms with van der Waals surface area (Å²) in [5, 5.41) is 0.653. The van der Waals surface area contributed by atoms with Gasteiger partial charge in [-0.2, -0.15) is 23.1 Å². The highest BCUT2D eigenvalue weighted by molar-refractivity contribution is 6.34. The maximum absolute atomic E-state index is 14.0. The van der Waals surface area contributed by atoms with Crippen LogP contribution in [0.3, 0.4) is 0 Å². The number of anilines is 1. The lowest BCUT2D eigenvalue weighted by Crippen LogP contribution is -2.50. The smallest absolute Gasteiger partial charge is 0.418 e. The highest BCUT2D eigenvalue weighted by Crippen LogP contribution is 2.41. The normalized spacial score (nSPS) is 18.4. The zero-order valence-electron chi connectivity index (χ0n) is 25.0. The molecule has 0 aliphatic carbocycles. The molecular weight excluding hydrogens is 585 g/mol. The molecule has 0 unspecified atom stereocenters. The molecule has 2 aliphatic rings. The number of piperazine rings is 1. The first-order valence-corrected chi connectivity index (χ1v) is 14.7. The number of fused-ring (bicyclic) bond motifs is 1. The zero-order chi connectivity index (χ0) is 31.1. The third kappa shape index (κ3) is 7.06. The number of pyridine rings is 1. The molecule has 3 aromatic rings. The molecule has 0 spiro atoms. The first-order chi connectivity index (χ1) is 20.2. The molecule has 0 bridgehead atoms. The number of hydrogen-bond donors (Lipinski definition) is 0. The van der Waals surface area contributed by atoms with E-state index in [1.807, 2.05) is 32.7 Å². The van der Waals surface area contributed by atoms with Crippen molar-refractivity contribution in [1.29, 1.82) is 0 Å². The number of rotatable bonds is 5. The number of halogens is 4. The molecule has 0 saturated carbocycles. The molecule has 2 saturated heterocycles. The maximum Gasteiger partial charge on any atom is 0.418 e. The number of hydrogen-bond acceptors (Lipinski definition) is 8. The average Bonchev–Trinajstić information content (AvgIpc) is 3.34. The number of likely N-dealkylation sites (tertiary alicyclic amines) is 1. The van der Waals surface area contributed by atoms with Gasteiger partial charge in [0, 0.05) is 48.9 Å². The van der Waals surface area contributed by atoms with Crippen molar-refractivity contribution in [2.24, 2.45) is 0 Å². The number of aromatic nitrogens is 3. The first-order valence-electron chi connectivity index (χ1n) is 14.3. The lowest BCUT2D eigenvalue weighted by atomic mass is 10.0. The molecule has 232 valence electrons. The molecule has 5 rings (SSSR count). The minimum Gasteiger partial charge on any atom is -0.462 e. The van der Waals surface area contributed by atoms with Crippen molar-refractivity contribution in [3.8, 4) is 17.3 Å². The third-order valence-corrected chi connectivity index (χ3v) is 7.96. The largest absolute Gasteiger partial charge is 0.462 e. The van der Waals surface area contributed by atoms with Crippen molar-refractivity contribution in [1.82, 2.24) is 24.8 Å². The standard InChI is InChI=1S/C30H36ClF3N6O3/c1-18-8-9-22(30(32,33)34)25(35-18)20-16-24-21(15-23(20)31)26(37-27(36-24)42-17-19-7-6-10-38(19)5)39-11-13-40(14-12-39)28(41)43-29(2,3)4/h8-9,15-16,19H,6-7,10-14,17H2,1-5H3/t19-/m0/s1. The van der Waals surface area contributed by atoms with Gasteiger partial charge in [-0.05, 0) is 78.4 Å². The van der Waals surface area contributed by atoms with Gasteiger partial charge in [0.1, 0.15) is 18.0 Å². The first kappa shape index (κ1) is 31.1. The predicted molar refractivity (Wildman–Crippen MR) is 159 cm³/mol. The Hall–Kier alpha value is -3.38. The van der Waals surface area contributed by atoms with E-state index >= 15 is 0 Å². The van der Waals surface area contributed by atoms with E-state index in [0.717, 1.165) is 25.5 Å². The fraction of sp³-hybridized carbons (Fsp3) is 0.533. The highest BCUT2D eigenvalue weighted by Gasteiger charge is 2.35. The van der Waals surface area contributed by atoms with Crippen LogP contribution >= 0.6 is 11.6 Å². The SMILES string of the molecule is Cc1ccc(C(F)(F)F)c(-c2cc3nc(OC[C@@H]4CCCN4C)nc(N4CCN(C(=O)OC(C)(C)C)CC4)c3cc2Cl)n1. The van der Waals surface area contributed by atoms with Gasteiger partial charge in [-0.15, -0.1) is 0 Å². The summed E-state index contributed by atoms with van der Waals surface area (Å²) in [6.07, 6.45) is -2.95. The van der Waals surface area contributed by atoms with E-state index < -0.39 is 17.3 Å². The van der Waals surface area contributed by atoms with E-state index in [1.165, 1.54) is 12.1 Å². The van der Waals surface area contributed by atoms with Gasteiger partial charge in [0.05, 0.1) is 21.8 Å². The minimum absolute atomic E-state index is 0.0922. The third-order valence-electron chi connectivity index (χ3n) is 7.65. The summed E-state index contributed by atoms with van der Waals surface area (Å²) in [6, 6.07) is 5.78. The van der Waals surface area contributed by atoms with Crippen LogP contribution in [0.5, 0.6) is 6.01 Å².